The Morgan fingerprint density at radius 1 is 1.07 bits per heavy atom. The molecule has 0 fully saturated rings. The molecule has 0 atom stereocenters. The number of non-ortho nitro benzene ring substituents is 1. The third-order valence-corrected chi connectivity index (χ3v) is 4.84. The van der Waals surface area contributed by atoms with Crippen LogP contribution >= 0.6 is 0 Å². The minimum absolute atomic E-state index is 0.0725. The molecular formula is C21H17N3O5. The van der Waals surface area contributed by atoms with Crippen LogP contribution in [-0.2, 0) is 13.0 Å². The quantitative estimate of drug-likeness (QED) is 0.540. The molecule has 0 unspecified atom stereocenters. The third kappa shape index (κ3) is 3.86. The van der Waals surface area contributed by atoms with Crippen LogP contribution in [0.3, 0.4) is 0 Å². The molecule has 0 saturated carbocycles. The van der Waals surface area contributed by atoms with Crippen molar-refractivity contribution in [2.75, 3.05) is 11.9 Å². The maximum absolute atomic E-state index is 12.5. The van der Waals surface area contributed by atoms with Gasteiger partial charge < -0.3 is 14.6 Å². The first-order chi connectivity index (χ1) is 14.0. The Bertz CT molecular complexity index is 1070. The summed E-state index contributed by atoms with van der Waals surface area (Å²) in [5.74, 6) is -0.226. The Morgan fingerprint density at radius 2 is 1.86 bits per heavy atom. The van der Waals surface area contributed by atoms with E-state index < -0.39 is 4.92 Å². The fraction of sp³-hybridized carbons (Fsp3) is 0.143. The van der Waals surface area contributed by atoms with Gasteiger partial charge in [-0.15, -0.1) is 0 Å². The molecule has 3 aromatic rings. The molecule has 1 aliphatic rings. The van der Waals surface area contributed by atoms with E-state index in [1.807, 2.05) is 18.2 Å². The minimum Gasteiger partial charge on any atom is -0.459 e. The summed E-state index contributed by atoms with van der Waals surface area (Å²) in [4.78, 5) is 36.9. The number of nitro groups is 1. The molecule has 29 heavy (non-hydrogen) atoms. The van der Waals surface area contributed by atoms with E-state index in [1.165, 1.54) is 30.5 Å². The van der Waals surface area contributed by atoms with Gasteiger partial charge in [0, 0.05) is 36.5 Å². The normalized spacial score (nSPS) is 12.9. The summed E-state index contributed by atoms with van der Waals surface area (Å²) >= 11 is 0. The average molecular weight is 391 g/mol. The maximum Gasteiger partial charge on any atom is 0.289 e. The van der Waals surface area contributed by atoms with Crippen LogP contribution in [0.5, 0.6) is 0 Å². The number of benzene rings is 2. The lowest BCUT2D eigenvalue weighted by atomic mass is 9.98. The number of hydrogen-bond donors (Lipinski definition) is 1. The summed E-state index contributed by atoms with van der Waals surface area (Å²) in [7, 11) is 0. The lowest BCUT2D eigenvalue weighted by molar-refractivity contribution is -0.384. The zero-order valence-corrected chi connectivity index (χ0v) is 15.3. The highest BCUT2D eigenvalue weighted by molar-refractivity contribution is 6.04. The van der Waals surface area contributed by atoms with Crippen LogP contribution in [0.15, 0.2) is 65.3 Å². The van der Waals surface area contributed by atoms with Gasteiger partial charge in [0.15, 0.2) is 5.76 Å². The van der Waals surface area contributed by atoms with Gasteiger partial charge in [-0.2, -0.15) is 0 Å². The monoisotopic (exact) mass is 391 g/mol. The number of fused-ring (bicyclic) bond motifs is 1. The van der Waals surface area contributed by atoms with Crippen molar-refractivity contribution in [2.24, 2.45) is 0 Å². The van der Waals surface area contributed by atoms with E-state index in [9.17, 15) is 19.7 Å². The zero-order valence-electron chi connectivity index (χ0n) is 15.3. The summed E-state index contributed by atoms with van der Waals surface area (Å²) in [5, 5.41) is 13.5. The lowest BCUT2D eigenvalue weighted by Crippen LogP contribution is -2.35. The number of amides is 2. The highest BCUT2D eigenvalue weighted by Gasteiger charge is 2.23. The number of nitrogens with zero attached hydrogens (tertiary/aromatic N) is 2. The molecule has 8 nitrogen and oxygen atoms in total. The van der Waals surface area contributed by atoms with E-state index in [1.54, 1.807) is 17.0 Å². The van der Waals surface area contributed by atoms with E-state index in [-0.39, 0.29) is 17.5 Å². The largest absolute Gasteiger partial charge is 0.459 e. The minimum atomic E-state index is -0.513. The van der Waals surface area contributed by atoms with E-state index in [4.69, 9.17) is 4.42 Å². The Hall–Kier alpha value is -3.94. The second kappa shape index (κ2) is 7.59. The molecule has 0 spiro atoms. The second-order valence-corrected chi connectivity index (χ2v) is 6.70. The molecule has 0 aliphatic carbocycles. The predicted molar refractivity (Wildman–Crippen MR) is 105 cm³/mol. The van der Waals surface area contributed by atoms with Gasteiger partial charge in [0.2, 0.25) is 0 Å². The van der Waals surface area contributed by atoms with Crippen molar-refractivity contribution in [3.63, 3.8) is 0 Å². The number of furan rings is 1. The third-order valence-electron chi connectivity index (χ3n) is 4.84. The van der Waals surface area contributed by atoms with Crippen molar-refractivity contribution in [2.45, 2.75) is 13.0 Å². The average Bonchev–Trinajstić information content (AvgIpc) is 3.27. The molecule has 2 heterocycles. The zero-order chi connectivity index (χ0) is 20.4. The van der Waals surface area contributed by atoms with Crippen LogP contribution < -0.4 is 5.32 Å². The summed E-state index contributed by atoms with van der Waals surface area (Å²) < 4.78 is 5.19. The van der Waals surface area contributed by atoms with Gasteiger partial charge >= 0.3 is 0 Å². The van der Waals surface area contributed by atoms with Crippen LogP contribution in [-0.4, -0.2) is 28.2 Å². The second-order valence-electron chi connectivity index (χ2n) is 6.70. The van der Waals surface area contributed by atoms with Crippen molar-refractivity contribution in [3.05, 3.63) is 93.4 Å². The van der Waals surface area contributed by atoms with Gasteiger partial charge in [0.05, 0.1) is 11.2 Å². The summed E-state index contributed by atoms with van der Waals surface area (Å²) in [6, 6.07) is 14.3. The van der Waals surface area contributed by atoms with Gasteiger partial charge in [-0.3, -0.25) is 19.7 Å². The molecule has 0 bridgehead atoms. The molecule has 2 amide bonds. The fourth-order valence-corrected chi connectivity index (χ4v) is 3.30. The van der Waals surface area contributed by atoms with Gasteiger partial charge in [0.1, 0.15) is 0 Å². The molecule has 0 radical (unpaired) electrons. The van der Waals surface area contributed by atoms with E-state index in [0.717, 1.165) is 17.5 Å². The first-order valence-electron chi connectivity index (χ1n) is 9.01. The van der Waals surface area contributed by atoms with Crippen LogP contribution in [0.1, 0.15) is 32.0 Å². The van der Waals surface area contributed by atoms with E-state index in [2.05, 4.69) is 5.32 Å². The van der Waals surface area contributed by atoms with E-state index in [0.29, 0.717) is 30.1 Å². The van der Waals surface area contributed by atoms with Crippen molar-refractivity contribution in [1.29, 1.82) is 0 Å². The molecule has 1 N–H and O–H groups in total. The predicted octanol–water partition coefficient (Wildman–Crippen LogP) is 3.64. The molecule has 146 valence electrons. The van der Waals surface area contributed by atoms with Gasteiger partial charge in [0.25, 0.3) is 17.5 Å². The molecule has 0 saturated heterocycles. The molecule has 1 aromatic heterocycles. The Balaban J connectivity index is 1.48. The van der Waals surface area contributed by atoms with Crippen molar-refractivity contribution in [3.8, 4) is 0 Å². The highest BCUT2D eigenvalue weighted by atomic mass is 16.6. The molecule has 1 aliphatic heterocycles. The van der Waals surface area contributed by atoms with Crippen molar-refractivity contribution in [1.82, 2.24) is 4.90 Å². The topological polar surface area (TPSA) is 106 Å². The first-order valence-corrected chi connectivity index (χ1v) is 9.01. The number of nitrogens with one attached hydrogen (secondary N) is 1. The molecule has 8 heteroatoms. The lowest BCUT2D eigenvalue weighted by Gasteiger charge is -2.28. The highest BCUT2D eigenvalue weighted by Crippen LogP contribution is 2.24. The van der Waals surface area contributed by atoms with Crippen LogP contribution in [0.25, 0.3) is 0 Å². The standard InChI is InChI=1S/C21H17N3O5/c25-20(15-4-7-18(8-5-15)24(27)28)22-17-6-3-14-9-10-23(13-16(14)12-17)21(26)19-2-1-11-29-19/h1-8,11-12H,9-10,13H2,(H,22,25). The van der Waals surface area contributed by atoms with Gasteiger partial charge in [-0.25, -0.2) is 0 Å². The van der Waals surface area contributed by atoms with E-state index >= 15 is 0 Å². The van der Waals surface area contributed by atoms with Crippen LogP contribution in [0.2, 0.25) is 0 Å². The summed E-state index contributed by atoms with van der Waals surface area (Å²) in [6.07, 6.45) is 2.19. The summed E-state index contributed by atoms with van der Waals surface area (Å²) in [5.41, 5.74) is 2.93. The summed E-state index contributed by atoms with van der Waals surface area (Å²) in [6.45, 7) is 1.02. The number of carbonyl (C=O) groups is 2. The fourth-order valence-electron chi connectivity index (χ4n) is 3.30. The number of nitro benzene ring substituents is 1. The molecule has 4 rings (SSSR count). The number of anilines is 1. The van der Waals surface area contributed by atoms with Gasteiger partial charge in [-0.1, -0.05) is 6.07 Å². The van der Waals surface area contributed by atoms with Crippen molar-refractivity contribution >= 4 is 23.2 Å². The molecule has 2 aromatic carbocycles. The number of carbonyl (C=O) groups excluding carboxylic acids is 2. The first kappa shape index (κ1) is 18.4. The van der Waals surface area contributed by atoms with Crippen LogP contribution in [0, 0.1) is 10.1 Å². The Kier molecular flexibility index (Phi) is 4.82. The SMILES string of the molecule is O=C(Nc1ccc2c(c1)CN(C(=O)c1ccco1)CC2)c1ccc([N+](=O)[O-])cc1. The number of rotatable bonds is 4. The van der Waals surface area contributed by atoms with Gasteiger partial charge in [-0.05, 0) is 53.9 Å². The maximum atomic E-state index is 12.5. The Labute approximate surface area is 165 Å². The Morgan fingerprint density at radius 3 is 2.55 bits per heavy atom. The van der Waals surface area contributed by atoms with Crippen LogP contribution in [0.4, 0.5) is 11.4 Å². The van der Waals surface area contributed by atoms with Crippen molar-refractivity contribution < 1.29 is 18.9 Å². The molecular weight excluding hydrogens is 374 g/mol. The smallest absolute Gasteiger partial charge is 0.289 e. The number of hydrogen-bond acceptors (Lipinski definition) is 5.